The van der Waals surface area contributed by atoms with Crippen molar-refractivity contribution in [1.82, 2.24) is 0 Å². The van der Waals surface area contributed by atoms with E-state index in [1.165, 1.54) is 12.1 Å². The van der Waals surface area contributed by atoms with Gasteiger partial charge in [-0.05, 0) is 29.9 Å². The van der Waals surface area contributed by atoms with Gasteiger partial charge in [0.15, 0.2) is 0 Å². The van der Waals surface area contributed by atoms with E-state index in [-0.39, 0.29) is 23.3 Å². The summed E-state index contributed by atoms with van der Waals surface area (Å²) in [7, 11) is 0. The van der Waals surface area contributed by atoms with E-state index in [1.807, 2.05) is 6.92 Å². The molecule has 5 nitrogen and oxygen atoms in total. The standard InChI is InChI=1S/C15H21NO4/c1-5-6-14(17)20-13-8-7-11(10-15(2,3)4)9-12(13)16(18)19/h7-9H,5-6,10H2,1-4H3. The van der Waals surface area contributed by atoms with Crippen molar-refractivity contribution in [2.45, 2.75) is 47.0 Å². The molecule has 0 saturated heterocycles. The first-order valence-corrected chi connectivity index (χ1v) is 6.71. The Balaban J connectivity index is 3.02. The first-order valence-electron chi connectivity index (χ1n) is 6.71. The van der Waals surface area contributed by atoms with Crippen molar-refractivity contribution in [3.05, 3.63) is 33.9 Å². The minimum atomic E-state index is -0.513. The van der Waals surface area contributed by atoms with Gasteiger partial charge in [0.2, 0.25) is 5.75 Å². The van der Waals surface area contributed by atoms with Crippen molar-refractivity contribution in [2.24, 2.45) is 5.41 Å². The molecule has 0 aliphatic heterocycles. The Morgan fingerprint density at radius 1 is 1.35 bits per heavy atom. The molecule has 1 aromatic rings. The normalized spacial score (nSPS) is 11.2. The van der Waals surface area contributed by atoms with Crippen molar-refractivity contribution in [3.8, 4) is 5.75 Å². The van der Waals surface area contributed by atoms with Gasteiger partial charge in [0.1, 0.15) is 0 Å². The van der Waals surface area contributed by atoms with Crippen LogP contribution in [0, 0.1) is 15.5 Å². The number of nitro groups is 1. The first-order chi connectivity index (χ1) is 9.23. The number of carbonyl (C=O) groups excluding carboxylic acids is 1. The Morgan fingerprint density at radius 2 is 2.00 bits per heavy atom. The van der Waals surface area contributed by atoms with E-state index in [9.17, 15) is 14.9 Å². The molecular weight excluding hydrogens is 258 g/mol. The summed E-state index contributed by atoms with van der Waals surface area (Å²) in [5.74, 6) is -0.426. The van der Waals surface area contributed by atoms with Crippen LogP contribution in [0.3, 0.4) is 0 Å². The van der Waals surface area contributed by atoms with Crippen LogP contribution in [0.2, 0.25) is 0 Å². The fourth-order valence-electron chi connectivity index (χ4n) is 1.89. The lowest BCUT2D eigenvalue weighted by molar-refractivity contribution is -0.385. The van der Waals surface area contributed by atoms with Crippen LogP contribution in [0.4, 0.5) is 5.69 Å². The van der Waals surface area contributed by atoms with E-state index in [1.54, 1.807) is 6.07 Å². The molecule has 0 spiro atoms. The molecule has 0 N–H and O–H groups in total. The molecule has 20 heavy (non-hydrogen) atoms. The lowest BCUT2D eigenvalue weighted by atomic mass is 9.88. The third kappa shape index (κ3) is 4.99. The van der Waals surface area contributed by atoms with E-state index >= 15 is 0 Å². The highest BCUT2D eigenvalue weighted by atomic mass is 16.6. The van der Waals surface area contributed by atoms with Crippen LogP contribution in [0.1, 0.15) is 46.1 Å². The van der Waals surface area contributed by atoms with Crippen LogP contribution in [0.5, 0.6) is 5.75 Å². The summed E-state index contributed by atoms with van der Waals surface area (Å²) in [6.07, 6.45) is 1.62. The highest BCUT2D eigenvalue weighted by molar-refractivity contribution is 5.73. The Morgan fingerprint density at radius 3 is 2.50 bits per heavy atom. The van der Waals surface area contributed by atoms with Gasteiger partial charge in [-0.3, -0.25) is 14.9 Å². The van der Waals surface area contributed by atoms with Crippen molar-refractivity contribution in [1.29, 1.82) is 0 Å². The summed E-state index contributed by atoms with van der Waals surface area (Å²) in [6.45, 7) is 8.04. The van der Waals surface area contributed by atoms with Crippen LogP contribution >= 0.6 is 0 Å². The zero-order valence-corrected chi connectivity index (χ0v) is 12.4. The second-order valence-electron chi connectivity index (χ2n) is 6.02. The van der Waals surface area contributed by atoms with Gasteiger partial charge >= 0.3 is 11.7 Å². The van der Waals surface area contributed by atoms with Gasteiger partial charge in [-0.1, -0.05) is 33.8 Å². The summed E-state index contributed by atoms with van der Waals surface area (Å²) in [4.78, 5) is 22.0. The van der Waals surface area contributed by atoms with E-state index in [2.05, 4.69) is 20.8 Å². The SMILES string of the molecule is CCCC(=O)Oc1ccc(CC(C)(C)C)cc1[N+](=O)[O-]. The number of nitrogens with zero attached hydrogens (tertiary/aromatic N) is 1. The lowest BCUT2D eigenvalue weighted by Crippen LogP contribution is -2.11. The molecule has 1 rings (SSSR count). The largest absolute Gasteiger partial charge is 0.419 e. The maximum Gasteiger partial charge on any atom is 0.311 e. The number of esters is 1. The fourth-order valence-corrected chi connectivity index (χ4v) is 1.89. The second-order valence-corrected chi connectivity index (χ2v) is 6.02. The van der Waals surface area contributed by atoms with E-state index in [0.29, 0.717) is 6.42 Å². The predicted octanol–water partition coefficient (Wildman–Crippen LogP) is 3.89. The molecule has 0 aromatic heterocycles. The Bertz CT molecular complexity index is 503. The van der Waals surface area contributed by atoms with Gasteiger partial charge < -0.3 is 4.74 Å². The zero-order chi connectivity index (χ0) is 15.3. The van der Waals surface area contributed by atoms with Gasteiger partial charge in [-0.2, -0.15) is 0 Å². The Hall–Kier alpha value is -1.91. The molecule has 0 saturated carbocycles. The van der Waals surface area contributed by atoms with Gasteiger partial charge in [-0.15, -0.1) is 0 Å². The van der Waals surface area contributed by atoms with Gasteiger partial charge in [0.05, 0.1) is 4.92 Å². The molecular formula is C15H21NO4. The van der Waals surface area contributed by atoms with Gasteiger partial charge in [-0.25, -0.2) is 0 Å². The summed E-state index contributed by atoms with van der Waals surface area (Å²) >= 11 is 0. The fraction of sp³-hybridized carbons (Fsp3) is 0.533. The number of hydrogen-bond acceptors (Lipinski definition) is 4. The number of hydrogen-bond donors (Lipinski definition) is 0. The van der Waals surface area contributed by atoms with Crippen molar-refractivity contribution in [3.63, 3.8) is 0 Å². The highest BCUT2D eigenvalue weighted by Crippen LogP contribution is 2.31. The topological polar surface area (TPSA) is 69.4 Å². The Kier molecular flexibility index (Phi) is 5.25. The van der Waals surface area contributed by atoms with Gasteiger partial charge in [0.25, 0.3) is 0 Å². The second kappa shape index (κ2) is 6.50. The lowest BCUT2D eigenvalue weighted by Gasteiger charge is -2.18. The highest BCUT2D eigenvalue weighted by Gasteiger charge is 2.20. The van der Waals surface area contributed by atoms with Crippen molar-refractivity contribution in [2.75, 3.05) is 0 Å². The maximum absolute atomic E-state index is 11.5. The minimum Gasteiger partial charge on any atom is -0.419 e. The quantitative estimate of drug-likeness (QED) is 0.355. The van der Waals surface area contributed by atoms with Crippen LogP contribution in [-0.2, 0) is 11.2 Å². The monoisotopic (exact) mass is 279 g/mol. The number of carbonyl (C=O) groups is 1. The summed E-state index contributed by atoms with van der Waals surface area (Å²) in [6, 6.07) is 4.76. The van der Waals surface area contributed by atoms with Crippen LogP contribution in [-0.4, -0.2) is 10.9 Å². The summed E-state index contributed by atoms with van der Waals surface area (Å²) < 4.78 is 5.05. The minimum absolute atomic E-state index is 0.0195. The molecule has 0 bridgehead atoms. The number of rotatable bonds is 5. The molecule has 110 valence electrons. The average Bonchev–Trinajstić information content (AvgIpc) is 2.29. The zero-order valence-electron chi connectivity index (χ0n) is 12.4. The number of nitro benzene ring substituents is 1. The van der Waals surface area contributed by atoms with E-state index < -0.39 is 10.9 Å². The van der Waals surface area contributed by atoms with E-state index in [0.717, 1.165) is 12.0 Å². The van der Waals surface area contributed by atoms with Crippen LogP contribution in [0.15, 0.2) is 18.2 Å². The van der Waals surface area contributed by atoms with Crippen LogP contribution in [0.25, 0.3) is 0 Å². The molecule has 0 heterocycles. The maximum atomic E-state index is 11.5. The Labute approximate surface area is 119 Å². The molecule has 1 aromatic carbocycles. The molecule has 0 atom stereocenters. The molecule has 0 aliphatic carbocycles. The number of benzene rings is 1. The van der Waals surface area contributed by atoms with Crippen molar-refractivity contribution < 1.29 is 14.5 Å². The van der Waals surface area contributed by atoms with E-state index in [4.69, 9.17) is 4.74 Å². The smallest absolute Gasteiger partial charge is 0.311 e. The summed E-state index contributed by atoms with van der Waals surface area (Å²) in [5.41, 5.74) is 0.740. The third-order valence-corrected chi connectivity index (χ3v) is 2.63. The third-order valence-electron chi connectivity index (χ3n) is 2.63. The molecule has 0 unspecified atom stereocenters. The van der Waals surface area contributed by atoms with Crippen molar-refractivity contribution >= 4 is 11.7 Å². The molecule has 0 aliphatic rings. The molecule has 5 heteroatoms. The van der Waals surface area contributed by atoms with Gasteiger partial charge in [0, 0.05) is 12.5 Å². The average molecular weight is 279 g/mol. The molecule has 0 fully saturated rings. The molecule has 0 amide bonds. The predicted molar refractivity (Wildman–Crippen MR) is 76.8 cm³/mol. The number of ether oxygens (including phenoxy) is 1. The first kappa shape index (κ1) is 16.1. The summed E-state index contributed by atoms with van der Waals surface area (Å²) in [5, 5.41) is 11.1. The molecule has 0 radical (unpaired) electrons. The van der Waals surface area contributed by atoms with Crippen LogP contribution < -0.4 is 4.74 Å².